The van der Waals surface area contributed by atoms with Gasteiger partial charge in [-0.05, 0) is 38.0 Å². The van der Waals surface area contributed by atoms with Crippen molar-refractivity contribution in [3.63, 3.8) is 0 Å². The van der Waals surface area contributed by atoms with Gasteiger partial charge < -0.3 is 38.3 Å². The third-order valence-electron chi connectivity index (χ3n) is 4.67. The maximum Gasteiger partial charge on any atom is 0.326 e. The number of amides is 3. The first-order valence-corrected chi connectivity index (χ1v) is 10.7. The van der Waals surface area contributed by atoms with E-state index in [1.165, 1.54) is 6.92 Å². The summed E-state index contributed by atoms with van der Waals surface area (Å²) in [5.41, 5.74) is 16.4. The van der Waals surface area contributed by atoms with E-state index in [-0.39, 0.29) is 37.2 Å². The number of carboxylic acid groups (broad SMARTS) is 1. The number of rotatable bonds is 14. The average Bonchev–Trinajstić information content (AvgIpc) is 2.67. The minimum atomic E-state index is -1.17. The molecule has 4 atom stereocenters. The van der Waals surface area contributed by atoms with Crippen LogP contribution >= 0.6 is 0 Å². The van der Waals surface area contributed by atoms with Gasteiger partial charge in [0.2, 0.25) is 17.7 Å². The van der Waals surface area contributed by atoms with Crippen LogP contribution in [0.4, 0.5) is 0 Å². The van der Waals surface area contributed by atoms with Crippen molar-refractivity contribution >= 4 is 29.7 Å². The van der Waals surface area contributed by atoms with E-state index in [0.29, 0.717) is 6.42 Å². The van der Waals surface area contributed by atoms with Crippen LogP contribution in [0.5, 0.6) is 0 Å². The molecule has 0 heterocycles. The predicted molar refractivity (Wildman–Crippen MR) is 121 cm³/mol. The smallest absolute Gasteiger partial charge is 0.326 e. The molecule has 12 nitrogen and oxygen atoms in total. The summed E-state index contributed by atoms with van der Waals surface area (Å²) < 4.78 is 0. The Kier molecular flexibility index (Phi) is 12.9. The molecule has 0 fully saturated rings. The van der Waals surface area contributed by atoms with Gasteiger partial charge in [0.25, 0.3) is 0 Å². The molecule has 3 amide bonds. The highest BCUT2D eigenvalue weighted by molar-refractivity contribution is 5.93. The number of carbonyl (C=O) groups excluding carboxylic acids is 3. The minimum absolute atomic E-state index is 0.0340. The fraction of sp³-hybridized carbons (Fsp3) is 0.750. The molecule has 4 unspecified atom stereocenters. The van der Waals surface area contributed by atoms with Crippen LogP contribution in [0.1, 0.15) is 53.9 Å². The van der Waals surface area contributed by atoms with E-state index in [4.69, 9.17) is 17.2 Å². The maximum absolute atomic E-state index is 12.8. The Morgan fingerprint density at radius 2 is 1.44 bits per heavy atom. The van der Waals surface area contributed by atoms with Crippen LogP contribution in [0.2, 0.25) is 0 Å². The molecule has 184 valence electrons. The average molecular weight is 458 g/mol. The van der Waals surface area contributed by atoms with Gasteiger partial charge in [0.15, 0.2) is 5.96 Å². The van der Waals surface area contributed by atoms with E-state index in [1.54, 1.807) is 13.8 Å². The molecule has 0 radical (unpaired) electrons. The first-order chi connectivity index (χ1) is 14.8. The topological polar surface area (TPSA) is 215 Å². The van der Waals surface area contributed by atoms with Gasteiger partial charge in [0.1, 0.15) is 18.1 Å². The van der Waals surface area contributed by atoms with Gasteiger partial charge in [-0.15, -0.1) is 0 Å². The molecular weight excluding hydrogens is 418 g/mol. The third-order valence-corrected chi connectivity index (χ3v) is 4.67. The highest BCUT2D eigenvalue weighted by Gasteiger charge is 2.29. The maximum atomic E-state index is 12.8. The van der Waals surface area contributed by atoms with E-state index in [1.807, 2.05) is 13.8 Å². The van der Waals surface area contributed by atoms with Gasteiger partial charge in [0.05, 0.1) is 6.04 Å². The second-order valence-electron chi connectivity index (χ2n) is 8.54. The Balaban J connectivity index is 5.27. The van der Waals surface area contributed by atoms with E-state index < -0.39 is 47.9 Å². The van der Waals surface area contributed by atoms with E-state index >= 15 is 0 Å². The summed E-state index contributed by atoms with van der Waals surface area (Å²) in [6, 6.07) is -3.87. The first kappa shape index (κ1) is 29.1. The molecule has 0 rings (SSSR count). The van der Waals surface area contributed by atoms with E-state index in [9.17, 15) is 24.3 Å². The van der Waals surface area contributed by atoms with Gasteiger partial charge in [-0.3, -0.25) is 19.4 Å². The number of nitrogens with zero attached hydrogens (tertiary/aromatic N) is 1. The number of carboxylic acids is 1. The summed E-state index contributed by atoms with van der Waals surface area (Å²) in [5.74, 6) is -3.09. The fourth-order valence-electron chi connectivity index (χ4n) is 2.71. The zero-order chi connectivity index (χ0) is 25.0. The van der Waals surface area contributed by atoms with E-state index in [0.717, 1.165) is 0 Å². The lowest BCUT2D eigenvalue weighted by Gasteiger charge is -2.24. The van der Waals surface area contributed by atoms with Crippen molar-refractivity contribution in [1.82, 2.24) is 16.0 Å². The van der Waals surface area contributed by atoms with Gasteiger partial charge in [-0.2, -0.15) is 0 Å². The summed E-state index contributed by atoms with van der Waals surface area (Å²) in [6.07, 6.45) is 0.751. The largest absolute Gasteiger partial charge is 0.480 e. The summed E-state index contributed by atoms with van der Waals surface area (Å²) >= 11 is 0. The third kappa shape index (κ3) is 11.5. The number of hydrogen-bond donors (Lipinski definition) is 7. The second-order valence-corrected chi connectivity index (χ2v) is 8.54. The molecule has 0 aromatic carbocycles. The number of carbonyl (C=O) groups is 4. The zero-order valence-electron chi connectivity index (χ0n) is 19.6. The van der Waals surface area contributed by atoms with Crippen molar-refractivity contribution in [2.24, 2.45) is 34.0 Å². The molecule has 0 saturated carbocycles. The summed E-state index contributed by atoms with van der Waals surface area (Å²) in [7, 11) is 0. The number of nitrogens with two attached hydrogens (primary N) is 3. The van der Waals surface area contributed by atoms with Crippen LogP contribution in [0.15, 0.2) is 4.99 Å². The molecule has 32 heavy (non-hydrogen) atoms. The molecular formula is C20H39N7O5. The number of hydrogen-bond acceptors (Lipinski definition) is 6. The highest BCUT2D eigenvalue weighted by atomic mass is 16.4. The lowest BCUT2D eigenvalue weighted by Crippen LogP contribution is -2.56. The zero-order valence-corrected chi connectivity index (χ0v) is 19.6. The second kappa shape index (κ2) is 14.2. The Hall–Kier alpha value is -2.89. The molecule has 0 saturated heterocycles. The molecule has 0 bridgehead atoms. The predicted octanol–water partition coefficient (Wildman–Crippen LogP) is -1.37. The number of guanidine groups is 1. The molecule has 0 aliphatic rings. The molecule has 10 N–H and O–H groups in total. The number of aliphatic imine (C=N–C) groups is 1. The summed E-state index contributed by atoms with van der Waals surface area (Å²) in [4.78, 5) is 52.8. The number of nitrogens with one attached hydrogen (secondary N) is 3. The lowest BCUT2D eigenvalue weighted by molar-refractivity contribution is -0.142. The summed E-state index contributed by atoms with van der Waals surface area (Å²) in [6.45, 7) is 8.93. The van der Waals surface area contributed by atoms with Gasteiger partial charge >= 0.3 is 5.97 Å². The summed E-state index contributed by atoms with van der Waals surface area (Å²) in [5, 5.41) is 16.9. The fourth-order valence-corrected chi connectivity index (χ4v) is 2.71. The Labute approximate surface area is 189 Å². The molecule has 12 heteroatoms. The molecule has 0 aliphatic heterocycles. The lowest BCUT2D eigenvalue weighted by atomic mass is 10.0. The Morgan fingerprint density at radius 3 is 1.91 bits per heavy atom. The van der Waals surface area contributed by atoms with Crippen molar-refractivity contribution in [2.45, 2.75) is 78.0 Å². The first-order valence-electron chi connectivity index (χ1n) is 10.7. The SMILES string of the molecule is CC(C)CC(NC(=O)C(CCCN=C(N)N)NC(=O)C(C)NC(=O)C(N)C(C)C)C(=O)O. The van der Waals surface area contributed by atoms with Gasteiger partial charge in [0, 0.05) is 6.54 Å². The van der Waals surface area contributed by atoms with Gasteiger partial charge in [-0.1, -0.05) is 27.7 Å². The molecule has 0 aromatic rings. The van der Waals surface area contributed by atoms with Crippen molar-refractivity contribution < 1.29 is 24.3 Å². The van der Waals surface area contributed by atoms with Crippen LogP contribution in [-0.2, 0) is 19.2 Å². The van der Waals surface area contributed by atoms with Crippen molar-refractivity contribution in [2.75, 3.05) is 6.54 Å². The number of aliphatic carboxylic acids is 1. The molecule has 0 spiro atoms. The molecule has 0 aliphatic carbocycles. The van der Waals surface area contributed by atoms with Crippen molar-refractivity contribution in [3.05, 3.63) is 0 Å². The monoisotopic (exact) mass is 457 g/mol. The Bertz CT molecular complexity index is 677. The quantitative estimate of drug-likeness (QED) is 0.0935. The standard InChI is InChI=1S/C20H39N7O5/c1-10(2)9-14(19(31)32)27-17(29)13(7-6-8-24-20(22)23)26-16(28)12(5)25-18(30)15(21)11(3)4/h10-15H,6-9,21H2,1-5H3,(H,25,30)(H,26,28)(H,27,29)(H,31,32)(H4,22,23,24). The minimum Gasteiger partial charge on any atom is -0.480 e. The van der Waals surface area contributed by atoms with Crippen molar-refractivity contribution in [3.8, 4) is 0 Å². The van der Waals surface area contributed by atoms with Crippen LogP contribution in [-0.4, -0.2) is 65.5 Å². The normalized spacial score (nSPS) is 14.8. The van der Waals surface area contributed by atoms with Gasteiger partial charge in [-0.25, -0.2) is 4.79 Å². The van der Waals surface area contributed by atoms with Crippen LogP contribution < -0.4 is 33.2 Å². The Morgan fingerprint density at radius 1 is 0.875 bits per heavy atom. The van der Waals surface area contributed by atoms with Crippen molar-refractivity contribution in [1.29, 1.82) is 0 Å². The van der Waals surface area contributed by atoms with Crippen LogP contribution in [0.25, 0.3) is 0 Å². The van der Waals surface area contributed by atoms with Crippen LogP contribution in [0.3, 0.4) is 0 Å². The van der Waals surface area contributed by atoms with E-state index in [2.05, 4.69) is 20.9 Å². The highest BCUT2D eigenvalue weighted by Crippen LogP contribution is 2.07. The van der Waals surface area contributed by atoms with Crippen LogP contribution in [0, 0.1) is 11.8 Å². The molecule has 0 aromatic heterocycles.